The molecule has 0 unspecified atom stereocenters. The number of hydrogen-bond acceptors (Lipinski definition) is 1. The van der Waals surface area contributed by atoms with E-state index in [0.717, 1.165) is 0 Å². The molecule has 0 N–H and O–H groups in total. The van der Waals surface area contributed by atoms with Gasteiger partial charge in [0.2, 0.25) is 5.83 Å². The highest BCUT2D eigenvalue weighted by Gasteiger charge is 2.64. The number of thioether (sulfide) groups is 1. The van der Waals surface area contributed by atoms with Gasteiger partial charge in [0.05, 0.1) is 0 Å². The number of alkyl halides is 7. The molecule has 0 spiro atoms. The molecule has 0 aromatic rings. The van der Waals surface area contributed by atoms with Gasteiger partial charge in [0, 0.05) is 11.8 Å². The normalized spacial score (nSPS) is 13.9. The molecule has 0 aliphatic carbocycles. The first-order valence-corrected chi connectivity index (χ1v) is 3.86. The molecule has 11 heteroatoms. The fraction of sp³-hybridized carbons (Fsp3) is 0.600. The number of halogens is 10. The molecule has 0 radical (unpaired) electrons. The molecule has 0 bridgehead atoms. The van der Waals surface area contributed by atoms with E-state index in [2.05, 4.69) is 0 Å². The van der Waals surface area contributed by atoms with Gasteiger partial charge in [-0.15, -0.1) is 0 Å². The van der Waals surface area contributed by atoms with Crippen LogP contribution in [0.3, 0.4) is 0 Å². The average molecular weight is 282 g/mol. The lowest BCUT2D eigenvalue weighted by Crippen LogP contribution is -2.36. The molecule has 0 amide bonds. The maximum atomic E-state index is 12.2. The van der Waals surface area contributed by atoms with Crippen LogP contribution in [0.5, 0.6) is 0 Å². The SMILES string of the molecule is FC(F)=C(F)C(F)(F)SC(F)(F)C(F)(F)F. The predicted octanol–water partition coefficient (Wildman–Crippen LogP) is 4.55. The molecule has 0 atom stereocenters. The molecule has 0 rings (SSSR count). The highest BCUT2D eigenvalue weighted by atomic mass is 32.2. The van der Waals surface area contributed by atoms with Crippen LogP contribution in [-0.4, -0.2) is 16.7 Å². The summed E-state index contributed by atoms with van der Waals surface area (Å²) in [5.41, 5.74) is 0. The molecule has 16 heavy (non-hydrogen) atoms. The second kappa shape index (κ2) is 4.34. The van der Waals surface area contributed by atoms with Crippen LogP contribution in [0, 0.1) is 0 Å². The van der Waals surface area contributed by atoms with Crippen LogP contribution in [0.25, 0.3) is 0 Å². The first-order chi connectivity index (χ1) is 6.81. The van der Waals surface area contributed by atoms with Crippen molar-refractivity contribution in [2.24, 2.45) is 0 Å². The molecule has 0 nitrogen and oxygen atoms in total. The topological polar surface area (TPSA) is 0 Å². The molecule has 0 heterocycles. The Kier molecular flexibility index (Phi) is 4.17. The summed E-state index contributed by atoms with van der Waals surface area (Å²) in [4.78, 5) is 0. The average Bonchev–Trinajstić information content (AvgIpc) is 1.98. The van der Waals surface area contributed by atoms with Crippen LogP contribution in [0.15, 0.2) is 11.9 Å². The summed E-state index contributed by atoms with van der Waals surface area (Å²) in [7, 11) is 0. The van der Waals surface area contributed by atoms with Crippen molar-refractivity contribution in [3.63, 3.8) is 0 Å². The van der Waals surface area contributed by atoms with Gasteiger partial charge in [-0.3, -0.25) is 0 Å². The Balaban J connectivity index is 5.07. The van der Waals surface area contributed by atoms with Crippen molar-refractivity contribution in [2.45, 2.75) is 16.7 Å². The Morgan fingerprint density at radius 3 is 1.38 bits per heavy atom. The minimum absolute atomic E-state index is 2.56. The Bertz CT molecular complexity index is 284. The van der Waals surface area contributed by atoms with Crippen LogP contribution in [0.1, 0.15) is 0 Å². The van der Waals surface area contributed by atoms with Gasteiger partial charge >= 0.3 is 22.8 Å². The van der Waals surface area contributed by atoms with Crippen LogP contribution in [0.2, 0.25) is 0 Å². The van der Waals surface area contributed by atoms with E-state index in [1.165, 1.54) is 0 Å². The third-order valence-corrected chi connectivity index (χ3v) is 1.93. The fourth-order valence-electron chi connectivity index (χ4n) is 0.374. The van der Waals surface area contributed by atoms with Crippen molar-refractivity contribution in [2.75, 3.05) is 0 Å². The zero-order valence-corrected chi connectivity index (χ0v) is 7.50. The van der Waals surface area contributed by atoms with Gasteiger partial charge in [-0.05, 0) is 0 Å². The van der Waals surface area contributed by atoms with Crippen molar-refractivity contribution in [1.82, 2.24) is 0 Å². The molecular weight excluding hydrogens is 282 g/mol. The van der Waals surface area contributed by atoms with E-state index in [0.29, 0.717) is 0 Å². The largest absolute Gasteiger partial charge is 0.464 e. The van der Waals surface area contributed by atoms with E-state index >= 15 is 0 Å². The van der Waals surface area contributed by atoms with Gasteiger partial charge in [-0.2, -0.15) is 43.9 Å². The van der Waals surface area contributed by atoms with E-state index in [9.17, 15) is 43.9 Å². The van der Waals surface area contributed by atoms with Crippen LogP contribution in [0.4, 0.5) is 43.9 Å². The molecule has 96 valence electrons. The van der Waals surface area contributed by atoms with E-state index < -0.39 is 40.4 Å². The molecule has 0 aliphatic heterocycles. The number of hydrogen-bond donors (Lipinski definition) is 0. The lowest BCUT2D eigenvalue weighted by Gasteiger charge is -2.22. The van der Waals surface area contributed by atoms with Gasteiger partial charge in [0.1, 0.15) is 0 Å². The summed E-state index contributed by atoms with van der Waals surface area (Å²) < 4.78 is 117. The lowest BCUT2D eigenvalue weighted by atomic mass is 10.6. The Hall–Kier alpha value is -0.610. The molecule has 0 saturated carbocycles. The monoisotopic (exact) mass is 282 g/mol. The highest BCUT2D eigenvalue weighted by molar-refractivity contribution is 8.01. The maximum absolute atomic E-state index is 12.2. The van der Waals surface area contributed by atoms with Gasteiger partial charge in [0.25, 0.3) is 0 Å². The van der Waals surface area contributed by atoms with Crippen molar-refractivity contribution >= 4 is 11.8 Å². The van der Waals surface area contributed by atoms with E-state index in [1.807, 2.05) is 0 Å². The first-order valence-electron chi connectivity index (χ1n) is 3.05. The van der Waals surface area contributed by atoms with Gasteiger partial charge in [-0.1, -0.05) is 0 Å². The predicted molar refractivity (Wildman–Crippen MR) is 33.9 cm³/mol. The third-order valence-electron chi connectivity index (χ3n) is 1.01. The minimum Gasteiger partial charge on any atom is -0.198 e. The Morgan fingerprint density at radius 1 is 0.750 bits per heavy atom. The quantitative estimate of drug-likeness (QED) is 0.684. The molecular formula is C5F10S. The molecule has 0 aliphatic rings. The van der Waals surface area contributed by atoms with Gasteiger partial charge in [-0.25, -0.2) is 0 Å². The second-order valence-corrected chi connectivity index (χ2v) is 3.44. The van der Waals surface area contributed by atoms with Crippen molar-refractivity contribution in [1.29, 1.82) is 0 Å². The summed E-state index contributed by atoms with van der Waals surface area (Å²) in [5.74, 6) is -3.64. The van der Waals surface area contributed by atoms with Crippen molar-refractivity contribution in [3.8, 4) is 0 Å². The molecule has 0 aromatic carbocycles. The Morgan fingerprint density at radius 2 is 1.12 bits per heavy atom. The maximum Gasteiger partial charge on any atom is 0.464 e. The number of rotatable bonds is 3. The fourth-order valence-corrected chi connectivity index (χ4v) is 0.978. The van der Waals surface area contributed by atoms with Gasteiger partial charge < -0.3 is 0 Å². The van der Waals surface area contributed by atoms with Crippen LogP contribution < -0.4 is 0 Å². The minimum atomic E-state index is -6.41. The van der Waals surface area contributed by atoms with E-state index in [1.54, 1.807) is 0 Å². The lowest BCUT2D eigenvalue weighted by molar-refractivity contribution is -0.239. The third kappa shape index (κ3) is 3.46. The summed E-state index contributed by atoms with van der Waals surface area (Å²) in [5, 5.41) is -11.7. The van der Waals surface area contributed by atoms with E-state index in [4.69, 9.17) is 0 Å². The standard InChI is InChI=1S/C5F10S/c6-1(2(7)8)3(9,10)16-5(14,15)4(11,12)13. The van der Waals surface area contributed by atoms with Crippen LogP contribution >= 0.6 is 11.8 Å². The van der Waals surface area contributed by atoms with Gasteiger partial charge in [0.15, 0.2) is 0 Å². The van der Waals surface area contributed by atoms with E-state index in [-0.39, 0.29) is 0 Å². The highest BCUT2D eigenvalue weighted by Crippen LogP contribution is 2.53. The molecule has 0 saturated heterocycles. The zero-order valence-electron chi connectivity index (χ0n) is 6.69. The second-order valence-electron chi connectivity index (χ2n) is 2.21. The molecule has 0 fully saturated rings. The summed E-state index contributed by atoms with van der Waals surface area (Å²) in [6, 6.07) is 0. The van der Waals surface area contributed by atoms with Crippen molar-refractivity contribution in [3.05, 3.63) is 11.9 Å². The molecule has 0 aromatic heterocycles. The summed E-state index contributed by atoms with van der Waals surface area (Å²) in [6.07, 6.45) is -10.1. The summed E-state index contributed by atoms with van der Waals surface area (Å²) >= 11 is -2.56. The Labute approximate surface area is 85.3 Å². The van der Waals surface area contributed by atoms with Crippen LogP contribution in [-0.2, 0) is 0 Å². The van der Waals surface area contributed by atoms with Crippen molar-refractivity contribution < 1.29 is 43.9 Å². The summed E-state index contributed by atoms with van der Waals surface area (Å²) in [6.45, 7) is 0. The zero-order chi connectivity index (χ0) is 13.4. The first kappa shape index (κ1) is 15.4. The smallest absolute Gasteiger partial charge is 0.198 e.